The number of hydrogen-bond acceptors (Lipinski definition) is 6. The summed E-state index contributed by atoms with van der Waals surface area (Å²) in [6.07, 6.45) is 0. The highest BCUT2D eigenvalue weighted by atomic mass is 35.5. The summed E-state index contributed by atoms with van der Waals surface area (Å²) in [7, 11) is -2.70. The van der Waals surface area contributed by atoms with E-state index in [1.807, 2.05) is 0 Å². The molecule has 3 rings (SSSR count). The zero-order valence-corrected chi connectivity index (χ0v) is 15.2. The van der Waals surface area contributed by atoms with Crippen molar-refractivity contribution in [1.29, 1.82) is 0 Å². The van der Waals surface area contributed by atoms with Crippen LogP contribution >= 0.6 is 11.6 Å². The van der Waals surface area contributed by atoms with Gasteiger partial charge < -0.3 is 19.5 Å². The highest BCUT2D eigenvalue weighted by Gasteiger charge is 2.20. The molecule has 0 saturated carbocycles. The summed E-state index contributed by atoms with van der Waals surface area (Å²) in [4.78, 5) is 12.3. The maximum absolute atomic E-state index is 12.5. The number of carbonyl (C=O) groups excluding carboxylic acids is 1. The molecule has 26 heavy (non-hydrogen) atoms. The van der Waals surface area contributed by atoms with Crippen LogP contribution in [0, 0.1) is 0 Å². The first-order valence-electron chi connectivity index (χ1n) is 7.41. The van der Waals surface area contributed by atoms with E-state index in [0.717, 1.165) is 0 Å². The van der Waals surface area contributed by atoms with Crippen LogP contribution in [-0.2, 0) is 10.0 Å². The predicted octanol–water partition coefficient (Wildman–Crippen LogP) is 2.02. The molecule has 0 bridgehead atoms. The van der Waals surface area contributed by atoms with Crippen LogP contribution in [-0.4, -0.2) is 34.6 Å². The number of primary sulfonamides is 1. The second-order valence-corrected chi connectivity index (χ2v) is 7.28. The number of ether oxygens (including phenoxy) is 3. The van der Waals surface area contributed by atoms with Crippen molar-refractivity contribution < 1.29 is 27.4 Å². The molecule has 2 aromatic rings. The Labute approximate surface area is 154 Å². The number of halogens is 1. The second-order valence-electron chi connectivity index (χ2n) is 5.35. The number of carbonyl (C=O) groups is 1. The van der Waals surface area contributed by atoms with Crippen LogP contribution in [0.2, 0.25) is 5.02 Å². The van der Waals surface area contributed by atoms with Gasteiger partial charge in [0.15, 0.2) is 11.5 Å². The van der Waals surface area contributed by atoms with Crippen LogP contribution in [0.15, 0.2) is 35.2 Å². The molecule has 1 aliphatic rings. The van der Waals surface area contributed by atoms with Crippen molar-refractivity contribution in [2.24, 2.45) is 5.14 Å². The van der Waals surface area contributed by atoms with Crippen molar-refractivity contribution >= 4 is 33.2 Å². The third-order valence-corrected chi connectivity index (χ3v) is 4.80. The van der Waals surface area contributed by atoms with Crippen molar-refractivity contribution in [1.82, 2.24) is 0 Å². The molecule has 1 aliphatic heterocycles. The van der Waals surface area contributed by atoms with Crippen molar-refractivity contribution in [2.75, 3.05) is 25.6 Å². The van der Waals surface area contributed by atoms with Crippen LogP contribution in [0.25, 0.3) is 0 Å². The SMILES string of the molecule is COc1ccc(NC(=O)c2cc(Cl)c3c(c2)OCCO3)cc1S(N)(=O)=O. The first kappa shape index (κ1) is 18.3. The average molecular weight is 399 g/mol. The normalized spacial score (nSPS) is 13.2. The maximum Gasteiger partial charge on any atom is 0.255 e. The zero-order valence-electron chi connectivity index (χ0n) is 13.6. The lowest BCUT2D eigenvalue weighted by Gasteiger charge is -2.20. The van der Waals surface area contributed by atoms with E-state index in [4.69, 9.17) is 31.0 Å². The molecule has 0 fully saturated rings. The van der Waals surface area contributed by atoms with E-state index < -0.39 is 15.9 Å². The lowest BCUT2D eigenvalue weighted by Crippen LogP contribution is -2.18. The fraction of sp³-hybridized carbons (Fsp3) is 0.188. The van der Waals surface area contributed by atoms with Crippen molar-refractivity contribution in [3.63, 3.8) is 0 Å². The Kier molecular flexibility index (Phi) is 4.94. The van der Waals surface area contributed by atoms with Crippen LogP contribution in [0.4, 0.5) is 5.69 Å². The molecule has 1 heterocycles. The number of benzene rings is 2. The highest BCUT2D eigenvalue weighted by Crippen LogP contribution is 2.38. The zero-order chi connectivity index (χ0) is 18.9. The molecule has 0 aromatic heterocycles. The molecule has 0 saturated heterocycles. The number of nitrogens with one attached hydrogen (secondary N) is 1. The summed E-state index contributed by atoms with van der Waals surface area (Å²) in [6.45, 7) is 0.727. The van der Waals surface area contributed by atoms with E-state index in [1.165, 1.54) is 37.4 Å². The molecule has 0 aliphatic carbocycles. The lowest BCUT2D eigenvalue weighted by molar-refractivity contribution is 0.102. The van der Waals surface area contributed by atoms with Crippen LogP contribution < -0.4 is 24.7 Å². The molecule has 3 N–H and O–H groups in total. The van der Waals surface area contributed by atoms with Gasteiger partial charge in [0.05, 0.1) is 12.1 Å². The average Bonchev–Trinajstić information content (AvgIpc) is 2.61. The summed E-state index contributed by atoms with van der Waals surface area (Å²) >= 11 is 6.12. The fourth-order valence-electron chi connectivity index (χ4n) is 2.42. The molecule has 1 amide bonds. The molecular weight excluding hydrogens is 384 g/mol. The van der Waals surface area contributed by atoms with Gasteiger partial charge in [0.1, 0.15) is 23.9 Å². The summed E-state index contributed by atoms with van der Waals surface area (Å²) in [5, 5.41) is 8.00. The van der Waals surface area contributed by atoms with Crippen molar-refractivity contribution in [3.05, 3.63) is 40.9 Å². The smallest absolute Gasteiger partial charge is 0.255 e. The number of nitrogens with two attached hydrogens (primary N) is 1. The van der Waals surface area contributed by atoms with Crippen LogP contribution in [0.3, 0.4) is 0 Å². The molecule has 2 aromatic carbocycles. The minimum absolute atomic E-state index is 0.0767. The molecule has 0 atom stereocenters. The number of sulfonamides is 1. The molecular formula is C16H15ClN2O6S. The monoisotopic (exact) mass is 398 g/mol. The number of amides is 1. The Balaban J connectivity index is 1.90. The standard InChI is InChI=1S/C16H15ClN2O6S/c1-23-12-3-2-10(8-14(12)26(18,21)22)19-16(20)9-6-11(17)15-13(7-9)24-4-5-25-15/h2-3,6-8H,4-5H2,1H3,(H,19,20)(H2,18,21,22). The highest BCUT2D eigenvalue weighted by molar-refractivity contribution is 7.89. The molecule has 0 spiro atoms. The third kappa shape index (κ3) is 3.69. The number of rotatable bonds is 4. The first-order valence-corrected chi connectivity index (χ1v) is 9.33. The van der Waals surface area contributed by atoms with E-state index >= 15 is 0 Å². The van der Waals surface area contributed by atoms with Gasteiger partial charge in [-0.25, -0.2) is 13.6 Å². The summed E-state index contributed by atoms with van der Waals surface area (Å²) < 4.78 is 39.1. The lowest BCUT2D eigenvalue weighted by atomic mass is 10.1. The van der Waals surface area contributed by atoms with Gasteiger partial charge in [-0.15, -0.1) is 0 Å². The Morgan fingerprint density at radius 1 is 1.23 bits per heavy atom. The topological polar surface area (TPSA) is 117 Å². The Morgan fingerprint density at radius 2 is 1.96 bits per heavy atom. The predicted molar refractivity (Wildman–Crippen MR) is 94.8 cm³/mol. The molecule has 0 radical (unpaired) electrons. The minimum Gasteiger partial charge on any atom is -0.495 e. The fourth-order valence-corrected chi connectivity index (χ4v) is 3.41. The summed E-state index contributed by atoms with van der Waals surface area (Å²) in [5.41, 5.74) is 0.457. The molecule has 10 heteroatoms. The van der Waals surface area contributed by atoms with E-state index in [-0.39, 0.29) is 26.9 Å². The minimum atomic E-state index is -4.02. The van der Waals surface area contributed by atoms with Gasteiger partial charge in [-0.05, 0) is 30.3 Å². The molecule has 8 nitrogen and oxygen atoms in total. The van der Waals surface area contributed by atoms with Gasteiger partial charge >= 0.3 is 0 Å². The second kappa shape index (κ2) is 7.02. The number of fused-ring (bicyclic) bond motifs is 1. The Morgan fingerprint density at radius 3 is 2.65 bits per heavy atom. The number of hydrogen-bond donors (Lipinski definition) is 2. The number of anilines is 1. The van der Waals surface area contributed by atoms with E-state index in [0.29, 0.717) is 24.7 Å². The van der Waals surface area contributed by atoms with Gasteiger partial charge in [-0.3, -0.25) is 4.79 Å². The van der Waals surface area contributed by atoms with E-state index in [2.05, 4.69) is 5.32 Å². The van der Waals surface area contributed by atoms with E-state index in [9.17, 15) is 13.2 Å². The maximum atomic E-state index is 12.5. The third-order valence-electron chi connectivity index (χ3n) is 3.59. The number of methoxy groups -OCH3 is 1. The van der Waals surface area contributed by atoms with Crippen molar-refractivity contribution in [2.45, 2.75) is 4.90 Å². The molecule has 0 unspecified atom stereocenters. The van der Waals surface area contributed by atoms with Gasteiger partial charge in [0.2, 0.25) is 10.0 Å². The first-order chi connectivity index (χ1) is 12.3. The summed E-state index contributed by atoms with van der Waals surface area (Å²) in [6, 6.07) is 7.04. The largest absolute Gasteiger partial charge is 0.495 e. The van der Waals surface area contributed by atoms with Crippen LogP contribution in [0.1, 0.15) is 10.4 Å². The van der Waals surface area contributed by atoms with Gasteiger partial charge in [0.25, 0.3) is 5.91 Å². The Hall–Kier alpha value is -2.49. The molecule has 138 valence electrons. The van der Waals surface area contributed by atoms with E-state index in [1.54, 1.807) is 0 Å². The van der Waals surface area contributed by atoms with Gasteiger partial charge in [-0.2, -0.15) is 0 Å². The van der Waals surface area contributed by atoms with Crippen molar-refractivity contribution in [3.8, 4) is 17.2 Å². The summed E-state index contributed by atoms with van der Waals surface area (Å²) in [5.74, 6) is 0.326. The van der Waals surface area contributed by atoms with Gasteiger partial charge in [-0.1, -0.05) is 11.6 Å². The van der Waals surface area contributed by atoms with Gasteiger partial charge in [0, 0.05) is 11.3 Å². The van der Waals surface area contributed by atoms with Crippen LogP contribution in [0.5, 0.6) is 17.2 Å². The quantitative estimate of drug-likeness (QED) is 0.813. The Bertz CT molecular complexity index is 977.